The molecule has 108 valence electrons. The molecule has 0 radical (unpaired) electrons. The van der Waals surface area contributed by atoms with Gasteiger partial charge in [0.15, 0.2) is 0 Å². The van der Waals surface area contributed by atoms with E-state index in [4.69, 9.17) is 0 Å². The van der Waals surface area contributed by atoms with Crippen molar-refractivity contribution >= 4 is 11.8 Å². The van der Waals surface area contributed by atoms with Gasteiger partial charge >= 0.3 is 0 Å². The van der Waals surface area contributed by atoms with E-state index >= 15 is 0 Å². The molecular formula is C15H32N2S. The van der Waals surface area contributed by atoms with Gasteiger partial charge in [-0.05, 0) is 32.4 Å². The standard InChI is InChI=1S/C15H32N2S/c1-5-7-13(3)11-14(16-8-6-2)15-12-18-10-9-17(15)4/h13-16H,5-12H2,1-4H3. The molecule has 1 fully saturated rings. The maximum absolute atomic E-state index is 3.80. The van der Waals surface area contributed by atoms with E-state index in [2.05, 4.69) is 49.8 Å². The molecule has 18 heavy (non-hydrogen) atoms. The SMILES string of the molecule is CCCNC(CC(C)CCC)C1CSCCN1C. The van der Waals surface area contributed by atoms with Gasteiger partial charge in [-0.3, -0.25) is 0 Å². The Balaban J connectivity index is 2.52. The minimum absolute atomic E-state index is 0.685. The molecule has 0 aromatic rings. The Morgan fingerprint density at radius 2 is 2.11 bits per heavy atom. The van der Waals surface area contributed by atoms with Crippen molar-refractivity contribution in [2.45, 2.75) is 58.5 Å². The largest absolute Gasteiger partial charge is 0.312 e. The second-order valence-corrected chi connectivity index (χ2v) is 6.96. The first kappa shape index (κ1) is 16.3. The average Bonchev–Trinajstić information content (AvgIpc) is 2.35. The summed E-state index contributed by atoms with van der Waals surface area (Å²) in [4.78, 5) is 2.57. The molecule has 1 heterocycles. The van der Waals surface area contributed by atoms with Crippen LogP contribution in [0.5, 0.6) is 0 Å². The van der Waals surface area contributed by atoms with Crippen LogP contribution in [0.25, 0.3) is 0 Å². The van der Waals surface area contributed by atoms with Crippen LogP contribution in [-0.2, 0) is 0 Å². The van der Waals surface area contributed by atoms with E-state index in [0.717, 1.165) is 12.0 Å². The van der Waals surface area contributed by atoms with Crippen LogP contribution in [0, 0.1) is 5.92 Å². The lowest BCUT2D eigenvalue weighted by atomic mass is 9.93. The molecule has 1 rings (SSSR count). The number of hydrogen-bond donors (Lipinski definition) is 1. The first-order chi connectivity index (χ1) is 8.69. The number of thioether (sulfide) groups is 1. The summed E-state index contributed by atoms with van der Waals surface area (Å²) in [7, 11) is 2.30. The Kier molecular flexibility index (Phi) is 8.36. The summed E-state index contributed by atoms with van der Waals surface area (Å²) in [6, 6.07) is 1.42. The number of hydrogen-bond acceptors (Lipinski definition) is 3. The zero-order chi connectivity index (χ0) is 13.4. The highest BCUT2D eigenvalue weighted by molar-refractivity contribution is 7.99. The maximum atomic E-state index is 3.80. The lowest BCUT2D eigenvalue weighted by Crippen LogP contribution is -2.53. The van der Waals surface area contributed by atoms with Gasteiger partial charge in [0.05, 0.1) is 0 Å². The van der Waals surface area contributed by atoms with Crippen molar-refractivity contribution < 1.29 is 0 Å². The maximum Gasteiger partial charge on any atom is 0.0337 e. The average molecular weight is 273 g/mol. The van der Waals surface area contributed by atoms with Crippen molar-refractivity contribution in [3.05, 3.63) is 0 Å². The van der Waals surface area contributed by atoms with Gasteiger partial charge in [-0.2, -0.15) is 11.8 Å². The van der Waals surface area contributed by atoms with Gasteiger partial charge in [0.25, 0.3) is 0 Å². The van der Waals surface area contributed by atoms with Gasteiger partial charge in [0, 0.05) is 30.1 Å². The van der Waals surface area contributed by atoms with E-state index in [-0.39, 0.29) is 0 Å². The Hall–Kier alpha value is 0.270. The number of nitrogens with zero attached hydrogens (tertiary/aromatic N) is 1. The third-order valence-corrected chi connectivity index (χ3v) is 5.05. The van der Waals surface area contributed by atoms with Crippen LogP contribution in [0.1, 0.15) is 46.5 Å². The summed E-state index contributed by atoms with van der Waals surface area (Å²) in [6.45, 7) is 9.40. The summed E-state index contributed by atoms with van der Waals surface area (Å²) < 4.78 is 0. The first-order valence-electron chi connectivity index (χ1n) is 7.70. The first-order valence-corrected chi connectivity index (χ1v) is 8.85. The lowest BCUT2D eigenvalue weighted by Gasteiger charge is -2.39. The Bertz CT molecular complexity index is 211. The fourth-order valence-corrected chi connectivity index (χ4v) is 4.19. The van der Waals surface area contributed by atoms with Crippen molar-refractivity contribution in [2.24, 2.45) is 5.92 Å². The Labute approximate surface area is 118 Å². The Morgan fingerprint density at radius 3 is 2.72 bits per heavy atom. The topological polar surface area (TPSA) is 15.3 Å². The van der Waals surface area contributed by atoms with Crippen LogP contribution in [0.3, 0.4) is 0 Å². The van der Waals surface area contributed by atoms with Crippen molar-refractivity contribution in [2.75, 3.05) is 31.6 Å². The molecule has 1 saturated heterocycles. The molecule has 0 saturated carbocycles. The van der Waals surface area contributed by atoms with Gasteiger partial charge in [-0.15, -0.1) is 0 Å². The van der Waals surface area contributed by atoms with Gasteiger partial charge in [0.1, 0.15) is 0 Å². The van der Waals surface area contributed by atoms with Crippen molar-refractivity contribution in [3.63, 3.8) is 0 Å². The second-order valence-electron chi connectivity index (χ2n) is 5.81. The predicted octanol–water partition coefficient (Wildman–Crippen LogP) is 3.23. The third-order valence-electron chi connectivity index (χ3n) is 4.00. The molecule has 1 aliphatic rings. The van der Waals surface area contributed by atoms with E-state index in [9.17, 15) is 0 Å². The molecule has 3 heteroatoms. The van der Waals surface area contributed by atoms with Gasteiger partial charge in [-0.1, -0.05) is 33.6 Å². The van der Waals surface area contributed by atoms with Crippen LogP contribution in [0.4, 0.5) is 0 Å². The van der Waals surface area contributed by atoms with Crippen molar-refractivity contribution in [3.8, 4) is 0 Å². The molecular weight excluding hydrogens is 240 g/mol. The zero-order valence-corrected chi connectivity index (χ0v) is 13.6. The molecule has 3 unspecified atom stereocenters. The fourth-order valence-electron chi connectivity index (χ4n) is 2.88. The van der Waals surface area contributed by atoms with Crippen molar-refractivity contribution in [1.82, 2.24) is 10.2 Å². The lowest BCUT2D eigenvalue weighted by molar-refractivity contribution is 0.194. The summed E-state index contributed by atoms with van der Waals surface area (Å²) in [6.07, 6.45) is 5.26. The monoisotopic (exact) mass is 272 g/mol. The van der Waals surface area contributed by atoms with Crippen LogP contribution in [-0.4, -0.2) is 48.6 Å². The van der Waals surface area contributed by atoms with Crippen LogP contribution in [0.15, 0.2) is 0 Å². The van der Waals surface area contributed by atoms with Crippen LogP contribution >= 0.6 is 11.8 Å². The van der Waals surface area contributed by atoms with Gasteiger partial charge in [0.2, 0.25) is 0 Å². The summed E-state index contributed by atoms with van der Waals surface area (Å²) in [5, 5.41) is 3.80. The molecule has 2 nitrogen and oxygen atoms in total. The van der Waals surface area contributed by atoms with Crippen LogP contribution in [0.2, 0.25) is 0 Å². The number of rotatable bonds is 8. The Morgan fingerprint density at radius 1 is 1.33 bits per heavy atom. The van der Waals surface area contributed by atoms with E-state index in [0.29, 0.717) is 6.04 Å². The molecule has 0 spiro atoms. The van der Waals surface area contributed by atoms with Crippen molar-refractivity contribution in [1.29, 1.82) is 0 Å². The molecule has 1 aliphatic heterocycles. The van der Waals surface area contributed by atoms with E-state index in [1.807, 2.05) is 0 Å². The molecule has 0 aromatic carbocycles. The molecule has 0 aromatic heterocycles. The highest BCUT2D eigenvalue weighted by atomic mass is 32.2. The van der Waals surface area contributed by atoms with Gasteiger partial charge < -0.3 is 10.2 Å². The van der Waals surface area contributed by atoms with Gasteiger partial charge in [-0.25, -0.2) is 0 Å². The zero-order valence-electron chi connectivity index (χ0n) is 12.7. The predicted molar refractivity (Wildman–Crippen MR) is 84.5 cm³/mol. The minimum atomic E-state index is 0.685. The van der Waals surface area contributed by atoms with E-state index in [1.54, 1.807) is 0 Å². The highest BCUT2D eigenvalue weighted by Gasteiger charge is 2.28. The van der Waals surface area contributed by atoms with E-state index in [1.165, 1.54) is 50.3 Å². The summed E-state index contributed by atoms with van der Waals surface area (Å²) in [5.41, 5.74) is 0. The summed E-state index contributed by atoms with van der Waals surface area (Å²) in [5.74, 6) is 3.46. The number of nitrogens with one attached hydrogen (secondary N) is 1. The van der Waals surface area contributed by atoms with Crippen LogP contribution < -0.4 is 5.32 Å². The fraction of sp³-hybridized carbons (Fsp3) is 1.00. The summed E-state index contributed by atoms with van der Waals surface area (Å²) >= 11 is 2.13. The minimum Gasteiger partial charge on any atom is -0.312 e. The smallest absolute Gasteiger partial charge is 0.0337 e. The quantitative estimate of drug-likeness (QED) is 0.730. The molecule has 0 aliphatic carbocycles. The molecule has 0 amide bonds. The number of likely N-dealkylation sites (N-methyl/N-ethyl adjacent to an activating group) is 1. The third kappa shape index (κ3) is 5.50. The second kappa shape index (κ2) is 9.22. The normalized spacial score (nSPS) is 25.0. The van der Waals surface area contributed by atoms with E-state index < -0.39 is 0 Å². The highest BCUT2D eigenvalue weighted by Crippen LogP contribution is 2.22. The molecule has 0 bridgehead atoms. The molecule has 1 N–H and O–H groups in total. The molecule has 3 atom stereocenters.